The van der Waals surface area contributed by atoms with Crippen molar-refractivity contribution in [2.45, 2.75) is 19.0 Å². The Morgan fingerprint density at radius 2 is 2.14 bits per heavy atom. The van der Waals surface area contributed by atoms with Crippen LogP contribution in [0.5, 0.6) is 0 Å². The third-order valence-electron chi connectivity index (χ3n) is 4.17. The normalized spacial score (nSPS) is 16.6. The van der Waals surface area contributed by atoms with Gasteiger partial charge in [0.1, 0.15) is 0 Å². The van der Waals surface area contributed by atoms with Gasteiger partial charge in [-0.2, -0.15) is 18.3 Å². The maximum atomic E-state index is 13.6. The van der Waals surface area contributed by atoms with Crippen LogP contribution in [0.3, 0.4) is 0 Å². The Labute approximate surface area is 177 Å². The first-order chi connectivity index (χ1) is 12.4. The molecule has 2 aromatic heterocycles. The van der Waals surface area contributed by atoms with Gasteiger partial charge in [0.05, 0.1) is 16.8 Å². The van der Waals surface area contributed by atoms with E-state index in [0.29, 0.717) is 11.2 Å². The second kappa shape index (κ2) is 10.3. The SMILES string of the molecule is Cl.Cl.O=C(NCC1CCCNC1)c1cnn(-c2ncccc2Cl)c1C(F)(F)F. The van der Waals surface area contributed by atoms with Crippen molar-refractivity contribution in [3.63, 3.8) is 0 Å². The predicted octanol–water partition coefficient (Wildman–Crippen LogP) is 3.51. The first-order valence-corrected chi connectivity index (χ1v) is 8.50. The Morgan fingerprint density at radius 1 is 1.39 bits per heavy atom. The number of nitrogens with one attached hydrogen (secondary N) is 2. The second-order valence-electron chi connectivity index (χ2n) is 6.05. The van der Waals surface area contributed by atoms with Crippen LogP contribution in [0.25, 0.3) is 5.82 Å². The number of piperidine rings is 1. The minimum Gasteiger partial charge on any atom is -0.352 e. The molecule has 3 heterocycles. The van der Waals surface area contributed by atoms with Gasteiger partial charge in [-0.05, 0) is 44.0 Å². The fourth-order valence-corrected chi connectivity index (χ4v) is 3.11. The average molecular weight is 461 g/mol. The molecule has 0 spiro atoms. The number of rotatable bonds is 4. The van der Waals surface area contributed by atoms with Crippen LogP contribution in [0, 0.1) is 5.92 Å². The van der Waals surface area contributed by atoms with E-state index in [1.54, 1.807) is 0 Å². The van der Waals surface area contributed by atoms with Gasteiger partial charge in [0.25, 0.3) is 5.91 Å². The van der Waals surface area contributed by atoms with Gasteiger partial charge in [0.2, 0.25) is 0 Å². The molecule has 156 valence electrons. The van der Waals surface area contributed by atoms with E-state index in [2.05, 4.69) is 20.7 Å². The van der Waals surface area contributed by atoms with E-state index in [4.69, 9.17) is 11.6 Å². The quantitative estimate of drug-likeness (QED) is 0.732. The molecule has 1 aliphatic rings. The lowest BCUT2D eigenvalue weighted by atomic mass is 10.00. The van der Waals surface area contributed by atoms with Crippen molar-refractivity contribution < 1.29 is 18.0 Å². The van der Waals surface area contributed by atoms with Crippen molar-refractivity contribution in [1.29, 1.82) is 0 Å². The highest BCUT2D eigenvalue weighted by molar-refractivity contribution is 6.32. The van der Waals surface area contributed by atoms with Crippen molar-refractivity contribution in [1.82, 2.24) is 25.4 Å². The number of carbonyl (C=O) groups is 1. The summed E-state index contributed by atoms with van der Waals surface area (Å²) in [5, 5.41) is 9.48. The number of hydrogen-bond donors (Lipinski definition) is 2. The van der Waals surface area contributed by atoms with Gasteiger partial charge in [-0.3, -0.25) is 4.79 Å². The van der Waals surface area contributed by atoms with Crippen LogP contribution in [0.1, 0.15) is 28.9 Å². The van der Waals surface area contributed by atoms with Crippen LogP contribution < -0.4 is 10.6 Å². The second-order valence-corrected chi connectivity index (χ2v) is 6.45. The Hall–Kier alpha value is -1.55. The molecule has 2 aromatic rings. The molecule has 1 amide bonds. The molecule has 1 unspecified atom stereocenters. The number of pyridine rings is 1. The lowest BCUT2D eigenvalue weighted by Gasteiger charge is -2.22. The largest absolute Gasteiger partial charge is 0.434 e. The molecule has 12 heteroatoms. The molecule has 0 aromatic carbocycles. The van der Waals surface area contributed by atoms with Gasteiger partial charge < -0.3 is 10.6 Å². The summed E-state index contributed by atoms with van der Waals surface area (Å²) in [6, 6.07) is 2.90. The molecule has 1 atom stereocenters. The first kappa shape index (κ1) is 24.5. The summed E-state index contributed by atoms with van der Waals surface area (Å²) in [7, 11) is 0. The molecule has 1 saturated heterocycles. The zero-order chi connectivity index (χ0) is 18.7. The molecule has 28 heavy (non-hydrogen) atoms. The number of carbonyl (C=O) groups excluding carboxylic acids is 1. The summed E-state index contributed by atoms with van der Waals surface area (Å²) in [4.78, 5) is 16.2. The maximum absolute atomic E-state index is 13.6. The molecular weight excluding hydrogens is 442 g/mol. The highest BCUT2D eigenvalue weighted by Crippen LogP contribution is 2.34. The number of hydrogen-bond acceptors (Lipinski definition) is 4. The van der Waals surface area contributed by atoms with Crippen LogP contribution in [-0.2, 0) is 6.18 Å². The van der Waals surface area contributed by atoms with E-state index >= 15 is 0 Å². The Bertz CT molecular complexity index is 794. The number of alkyl halides is 3. The maximum Gasteiger partial charge on any atom is 0.434 e. The molecule has 2 N–H and O–H groups in total. The zero-order valence-electron chi connectivity index (χ0n) is 14.5. The van der Waals surface area contributed by atoms with Crippen molar-refractivity contribution >= 4 is 42.3 Å². The van der Waals surface area contributed by atoms with Crippen LogP contribution in [0.2, 0.25) is 5.02 Å². The van der Waals surface area contributed by atoms with Crippen LogP contribution in [-0.4, -0.2) is 40.3 Å². The van der Waals surface area contributed by atoms with Crippen LogP contribution >= 0.6 is 36.4 Å². The highest BCUT2D eigenvalue weighted by atomic mass is 35.5. The minimum absolute atomic E-state index is 0. The Balaban J connectivity index is 0.00000196. The van der Waals surface area contributed by atoms with Gasteiger partial charge in [-0.1, -0.05) is 11.6 Å². The van der Waals surface area contributed by atoms with Crippen molar-refractivity contribution in [3.05, 3.63) is 40.8 Å². The Kier molecular flexibility index (Phi) is 9.00. The summed E-state index contributed by atoms with van der Waals surface area (Å²) >= 11 is 5.93. The van der Waals surface area contributed by atoms with Gasteiger partial charge in [-0.25, -0.2) is 9.67 Å². The standard InChI is InChI=1S/C16H17ClF3N5O.2ClH/c17-12-4-2-6-22-14(12)25-13(16(18,19)20)11(9-24-25)15(26)23-8-10-3-1-5-21-7-10;;/h2,4,6,9-10,21H,1,3,5,7-8H2,(H,23,26);2*1H. The van der Waals surface area contributed by atoms with Crippen LogP contribution in [0.15, 0.2) is 24.5 Å². The fourth-order valence-electron chi connectivity index (χ4n) is 2.91. The molecular formula is C16H19Cl3F3N5O. The monoisotopic (exact) mass is 459 g/mol. The zero-order valence-corrected chi connectivity index (χ0v) is 16.9. The molecule has 0 bridgehead atoms. The Morgan fingerprint density at radius 3 is 2.75 bits per heavy atom. The fraction of sp³-hybridized carbons (Fsp3) is 0.438. The minimum atomic E-state index is -4.80. The topological polar surface area (TPSA) is 71.8 Å². The van der Waals surface area contributed by atoms with Crippen molar-refractivity contribution in [3.8, 4) is 5.82 Å². The third kappa shape index (κ3) is 5.50. The summed E-state index contributed by atoms with van der Waals surface area (Å²) < 4.78 is 41.3. The molecule has 0 radical (unpaired) electrons. The molecule has 3 rings (SSSR count). The van der Waals surface area contributed by atoms with E-state index in [1.807, 2.05) is 0 Å². The number of amides is 1. The highest BCUT2D eigenvalue weighted by Gasteiger charge is 2.41. The number of nitrogens with zero attached hydrogens (tertiary/aromatic N) is 3. The van der Waals surface area contributed by atoms with Gasteiger partial charge in [-0.15, -0.1) is 24.8 Å². The summed E-state index contributed by atoms with van der Waals surface area (Å²) in [5.74, 6) is -0.805. The molecule has 6 nitrogen and oxygen atoms in total. The summed E-state index contributed by atoms with van der Waals surface area (Å²) in [6.07, 6.45) is -0.704. The predicted molar refractivity (Wildman–Crippen MR) is 104 cm³/mol. The lowest BCUT2D eigenvalue weighted by molar-refractivity contribution is -0.143. The number of halogens is 6. The van der Waals surface area contributed by atoms with Gasteiger partial charge in [0, 0.05) is 12.7 Å². The van der Waals surface area contributed by atoms with Gasteiger partial charge in [0.15, 0.2) is 11.5 Å². The molecule has 1 aliphatic heterocycles. The van der Waals surface area contributed by atoms with Crippen molar-refractivity contribution in [2.24, 2.45) is 5.92 Å². The van der Waals surface area contributed by atoms with E-state index in [1.165, 1.54) is 18.3 Å². The van der Waals surface area contributed by atoms with E-state index < -0.39 is 23.3 Å². The molecule has 1 fully saturated rings. The van der Waals surface area contributed by atoms with E-state index in [-0.39, 0.29) is 41.6 Å². The summed E-state index contributed by atoms with van der Waals surface area (Å²) in [5.41, 5.74) is -1.75. The van der Waals surface area contributed by atoms with Crippen molar-refractivity contribution in [2.75, 3.05) is 19.6 Å². The third-order valence-corrected chi connectivity index (χ3v) is 4.47. The molecule has 0 aliphatic carbocycles. The smallest absolute Gasteiger partial charge is 0.352 e. The number of aromatic nitrogens is 3. The molecule has 0 saturated carbocycles. The van der Waals surface area contributed by atoms with E-state index in [0.717, 1.165) is 32.1 Å². The first-order valence-electron chi connectivity index (χ1n) is 8.13. The van der Waals surface area contributed by atoms with E-state index in [9.17, 15) is 18.0 Å². The lowest BCUT2D eigenvalue weighted by Crippen LogP contribution is -2.38. The van der Waals surface area contributed by atoms with Crippen LogP contribution in [0.4, 0.5) is 13.2 Å². The average Bonchev–Trinajstić information content (AvgIpc) is 3.06. The van der Waals surface area contributed by atoms with Gasteiger partial charge >= 0.3 is 6.18 Å². The summed E-state index contributed by atoms with van der Waals surface area (Å²) in [6.45, 7) is 1.95.